The van der Waals surface area contributed by atoms with Crippen LogP contribution in [0.25, 0.3) is 0 Å². The van der Waals surface area contributed by atoms with Gasteiger partial charge in [0, 0.05) is 12.8 Å². The summed E-state index contributed by atoms with van der Waals surface area (Å²) in [6.45, 7) is 3.88. The lowest BCUT2D eigenvalue weighted by molar-refractivity contribution is -0.152. The smallest absolute Gasteiger partial charge is 0.305 e. The molecule has 7 heteroatoms. The van der Waals surface area contributed by atoms with Crippen LogP contribution >= 0.6 is 0 Å². The number of carbonyl (C=O) groups is 2. The minimum Gasteiger partial charge on any atom is -0.463 e. The summed E-state index contributed by atoms with van der Waals surface area (Å²) in [6, 6.07) is 0. The first-order chi connectivity index (χ1) is 18.4. The first-order valence-electron chi connectivity index (χ1n) is 14.7. The van der Waals surface area contributed by atoms with Crippen molar-refractivity contribution in [3.63, 3.8) is 0 Å². The Morgan fingerprint density at radius 1 is 0.632 bits per heavy atom. The molecule has 0 aliphatic heterocycles. The molecule has 0 bridgehead atoms. The van der Waals surface area contributed by atoms with Crippen molar-refractivity contribution in [2.75, 3.05) is 13.2 Å². The first-order valence-corrected chi connectivity index (χ1v) is 14.7. The number of esters is 2. The Hall–Kier alpha value is -1.96. The van der Waals surface area contributed by atoms with Crippen molar-refractivity contribution >= 4 is 11.9 Å². The SMILES string of the molecule is CCCCC/C=C\C/C=C\C/C=C\CC(O)C(O)CCCC(=O)OC[C@@H](O)COC(=O)CCCCCCC. The zero-order chi connectivity index (χ0) is 28.3. The van der Waals surface area contributed by atoms with E-state index in [-0.39, 0.29) is 32.0 Å². The lowest BCUT2D eigenvalue weighted by atomic mass is 10.0. The van der Waals surface area contributed by atoms with Gasteiger partial charge in [-0.25, -0.2) is 0 Å². The fourth-order valence-electron chi connectivity index (χ4n) is 3.66. The highest BCUT2D eigenvalue weighted by Crippen LogP contribution is 2.10. The van der Waals surface area contributed by atoms with E-state index in [1.54, 1.807) is 0 Å². The number of ether oxygens (including phenoxy) is 2. The molecule has 0 aromatic heterocycles. The van der Waals surface area contributed by atoms with Gasteiger partial charge in [-0.1, -0.05) is 88.8 Å². The standard InChI is InChI=1S/C31H54O7/c1-3-5-7-9-10-11-12-13-14-15-17-18-21-28(33)29(34)22-20-24-31(36)38-26-27(32)25-37-30(35)23-19-16-8-6-4-2/h10-11,13-14,17-18,27-29,32-34H,3-9,12,15-16,19-26H2,1-2H3/b11-10-,14-13-,18-17-/t27-,28?,29?/m0/s1. The molecular formula is C31H54O7. The maximum absolute atomic E-state index is 11.9. The molecule has 0 rings (SSSR count). The van der Waals surface area contributed by atoms with E-state index in [1.165, 1.54) is 19.3 Å². The highest BCUT2D eigenvalue weighted by Gasteiger charge is 2.16. The van der Waals surface area contributed by atoms with Crippen LogP contribution in [0.15, 0.2) is 36.5 Å². The monoisotopic (exact) mass is 538 g/mol. The summed E-state index contributed by atoms with van der Waals surface area (Å²) >= 11 is 0. The summed E-state index contributed by atoms with van der Waals surface area (Å²) in [6.07, 6.45) is 22.7. The average Bonchev–Trinajstić information content (AvgIpc) is 2.91. The van der Waals surface area contributed by atoms with E-state index in [4.69, 9.17) is 9.47 Å². The van der Waals surface area contributed by atoms with Gasteiger partial charge in [0.1, 0.15) is 19.3 Å². The second-order valence-electron chi connectivity index (χ2n) is 9.83. The van der Waals surface area contributed by atoms with Crippen molar-refractivity contribution < 1.29 is 34.4 Å². The molecular weight excluding hydrogens is 484 g/mol. The molecule has 0 saturated heterocycles. The molecule has 220 valence electrons. The molecule has 0 aromatic carbocycles. The fourth-order valence-corrected chi connectivity index (χ4v) is 3.66. The molecule has 3 N–H and O–H groups in total. The summed E-state index contributed by atoms with van der Waals surface area (Å²) in [7, 11) is 0. The number of unbranched alkanes of at least 4 members (excludes halogenated alkanes) is 7. The predicted molar refractivity (Wildman–Crippen MR) is 153 cm³/mol. The normalized spacial score (nSPS) is 14.3. The van der Waals surface area contributed by atoms with Crippen molar-refractivity contribution in [2.24, 2.45) is 0 Å². The number of allylic oxidation sites excluding steroid dienone is 5. The maximum atomic E-state index is 11.9. The molecule has 38 heavy (non-hydrogen) atoms. The Morgan fingerprint density at radius 2 is 1.16 bits per heavy atom. The summed E-state index contributed by atoms with van der Waals surface area (Å²) in [5.41, 5.74) is 0. The van der Waals surface area contributed by atoms with Gasteiger partial charge in [-0.3, -0.25) is 9.59 Å². The molecule has 7 nitrogen and oxygen atoms in total. The van der Waals surface area contributed by atoms with Crippen molar-refractivity contribution in [2.45, 2.75) is 135 Å². The Labute approximate surface area is 231 Å². The van der Waals surface area contributed by atoms with E-state index in [0.29, 0.717) is 19.3 Å². The number of aliphatic hydroxyl groups is 3. The Balaban J connectivity index is 3.81. The van der Waals surface area contributed by atoms with Crippen LogP contribution in [-0.2, 0) is 19.1 Å². The number of rotatable bonds is 25. The predicted octanol–water partition coefficient (Wildman–Crippen LogP) is 6.11. The van der Waals surface area contributed by atoms with Crippen LogP contribution < -0.4 is 0 Å². The average molecular weight is 539 g/mol. The summed E-state index contributed by atoms with van der Waals surface area (Å²) < 4.78 is 10.0. The Bertz CT molecular complexity index is 657. The van der Waals surface area contributed by atoms with Gasteiger partial charge >= 0.3 is 11.9 Å². The molecule has 0 aromatic rings. The minimum atomic E-state index is -1.07. The highest BCUT2D eigenvalue weighted by atomic mass is 16.6. The topological polar surface area (TPSA) is 113 Å². The van der Waals surface area contributed by atoms with E-state index in [9.17, 15) is 24.9 Å². The molecule has 0 fully saturated rings. The maximum Gasteiger partial charge on any atom is 0.305 e. The molecule has 0 aliphatic carbocycles. The third-order valence-electron chi connectivity index (χ3n) is 6.08. The van der Waals surface area contributed by atoms with Crippen LogP contribution in [0, 0.1) is 0 Å². The third kappa shape index (κ3) is 24.4. The molecule has 0 amide bonds. The first kappa shape index (κ1) is 36.0. The van der Waals surface area contributed by atoms with Crippen molar-refractivity contribution in [1.29, 1.82) is 0 Å². The summed E-state index contributed by atoms with van der Waals surface area (Å²) in [5, 5.41) is 30.0. The van der Waals surface area contributed by atoms with E-state index < -0.39 is 24.3 Å². The molecule has 0 saturated carbocycles. The van der Waals surface area contributed by atoms with Crippen LogP contribution in [0.4, 0.5) is 0 Å². The fraction of sp³-hybridized carbons (Fsp3) is 0.742. The second kappa shape index (κ2) is 26.6. The number of carbonyl (C=O) groups excluding carboxylic acids is 2. The van der Waals surface area contributed by atoms with Gasteiger partial charge in [0.05, 0.1) is 12.2 Å². The Kier molecular flexibility index (Phi) is 25.3. The third-order valence-corrected chi connectivity index (χ3v) is 6.08. The number of aliphatic hydroxyl groups excluding tert-OH is 3. The lowest BCUT2D eigenvalue weighted by Gasteiger charge is -2.16. The van der Waals surface area contributed by atoms with Crippen LogP contribution in [0.2, 0.25) is 0 Å². The Morgan fingerprint density at radius 3 is 1.79 bits per heavy atom. The van der Waals surface area contributed by atoms with Crippen molar-refractivity contribution in [3.8, 4) is 0 Å². The molecule has 0 heterocycles. The minimum absolute atomic E-state index is 0.0712. The van der Waals surface area contributed by atoms with Gasteiger partial charge in [-0.15, -0.1) is 0 Å². The van der Waals surface area contributed by atoms with Crippen LogP contribution in [-0.4, -0.2) is 58.8 Å². The number of hydrogen-bond donors (Lipinski definition) is 3. The van der Waals surface area contributed by atoms with Gasteiger partial charge in [0.25, 0.3) is 0 Å². The van der Waals surface area contributed by atoms with Crippen LogP contribution in [0.3, 0.4) is 0 Å². The van der Waals surface area contributed by atoms with Crippen LogP contribution in [0.5, 0.6) is 0 Å². The quantitative estimate of drug-likeness (QED) is 0.0730. The lowest BCUT2D eigenvalue weighted by Crippen LogP contribution is -2.26. The zero-order valence-electron chi connectivity index (χ0n) is 23.9. The molecule has 0 spiro atoms. The van der Waals surface area contributed by atoms with E-state index in [0.717, 1.165) is 51.4 Å². The number of hydrogen-bond acceptors (Lipinski definition) is 7. The van der Waals surface area contributed by atoms with Gasteiger partial charge in [0.15, 0.2) is 0 Å². The van der Waals surface area contributed by atoms with E-state index in [1.807, 2.05) is 12.2 Å². The molecule has 0 aliphatic rings. The zero-order valence-corrected chi connectivity index (χ0v) is 23.9. The van der Waals surface area contributed by atoms with Gasteiger partial charge < -0.3 is 24.8 Å². The molecule has 0 radical (unpaired) electrons. The molecule has 3 atom stereocenters. The van der Waals surface area contributed by atoms with E-state index in [2.05, 4.69) is 38.2 Å². The van der Waals surface area contributed by atoms with Gasteiger partial charge in [0.2, 0.25) is 0 Å². The second-order valence-corrected chi connectivity index (χ2v) is 9.83. The van der Waals surface area contributed by atoms with Gasteiger partial charge in [-0.2, -0.15) is 0 Å². The van der Waals surface area contributed by atoms with Crippen molar-refractivity contribution in [3.05, 3.63) is 36.5 Å². The van der Waals surface area contributed by atoms with E-state index >= 15 is 0 Å². The van der Waals surface area contributed by atoms with Crippen molar-refractivity contribution in [1.82, 2.24) is 0 Å². The van der Waals surface area contributed by atoms with Crippen LogP contribution in [0.1, 0.15) is 117 Å². The summed E-state index contributed by atoms with van der Waals surface area (Å²) in [5.74, 6) is -0.859. The highest BCUT2D eigenvalue weighted by molar-refractivity contribution is 5.69. The molecule has 2 unspecified atom stereocenters. The largest absolute Gasteiger partial charge is 0.463 e. The summed E-state index contributed by atoms with van der Waals surface area (Å²) in [4.78, 5) is 23.5. The van der Waals surface area contributed by atoms with Gasteiger partial charge in [-0.05, 0) is 51.4 Å².